The van der Waals surface area contributed by atoms with E-state index in [0.717, 1.165) is 5.56 Å². The second-order valence-electron chi connectivity index (χ2n) is 5.73. The Morgan fingerprint density at radius 1 is 1.18 bits per heavy atom. The Morgan fingerprint density at radius 3 is 2.55 bits per heavy atom. The summed E-state index contributed by atoms with van der Waals surface area (Å²) >= 11 is 0. The van der Waals surface area contributed by atoms with Gasteiger partial charge in [-0.1, -0.05) is 12.1 Å². The normalized spacial score (nSPS) is 24.0. The lowest BCUT2D eigenvalue weighted by Crippen LogP contribution is -2.42. The van der Waals surface area contributed by atoms with Crippen molar-refractivity contribution in [2.45, 2.75) is 13.0 Å². The molecule has 1 aliphatic heterocycles. The van der Waals surface area contributed by atoms with Gasteiger partial charge < -0.3 is 15.0 Å². The average Bonchev–Trinajstić information content (AvgIpc) is 3.35. The fraction of sp³-hybridized carbons (Fsp3) is 0.500. The van der Waals surface area contributed by atoms with Crippen LogP contribution in [0.3, 0.4) is 0 Å². The maximum atomic E-state index is 12.8. The first-order valence-electron chi connectivity index (χ1n) is 7.54. The van der Waals surface area contributed by atoms with E-state index in [1.54, 1.807) is 17.0 Å². The van der Waals surface area contributed by atoms with Gasteiger partial charge in [0.05, 0.1) is 25.0 Å². The number of benzene rings is 1. The molecule has 1 saturated heterocycles. The fourth-order valence-corrected chi connectivity index (χ4v) is 2.70. The average molecular weight is 306 g/mol. The van der Waals surface area contributed by atoms with Crippen LogP contribution in [0.4, 0.5) is 4.39 Å². The van der Waals surface area contributed by atoms with Crippen molar-refractivity contribution in [3.8, 4) is 0 Å². The monoisotopic (exact) mass is 306 g/mol. The lowest BCUT2D eigenvalue weighted by molar-refractivity contribution is -0.138. The van der Waals surface area contributed by atoms with Gasteiger partial charge >= 0.3 is 0 Å². The van der Waals surface area contributed by atoms with Gasteiger partial charge in [-0.05, 0) is 24.1 Å². The quantitative estimate of drug-likeness (QED) is 0.900. The Hall–Kier alpha value is -1.95. The summed E-state index contributed by atoms with van der Waals surface area (Å²) in [4.78, 5) is 26.1. The summed E-state index contributed by atoms with van der Waals surface area (Å²) in [6.07, 6.45) is 0.617. The van der Waals surface area contributed by atoms with Crippen molar-refractivity contribution >= 4 is 11.8 Å². The van der Waals surface area contributed by atoms with Gasteiger partial charge in [0.1, 0.15) is 5.82 Å². The Kier molecular flexibility index (Phi) is 4.38. The lowest BCUT2D eigenvalue weighted by atomic mass is 10.2. The zero-order valence-corrected chi connectivity index (χ0v) is 12.3. The summed E-state index contributed by atoms with van der Waals surface area (Å²) in [5.74, 6) is -0.753. The summed E-state index contributed by atoms with van der Waals surface area (Å²) in [5, 5.41) is 2.81. The van der Waals surface area contributed by atoms with E-state index in [0.29, 0.717) is 39.3 Å². The van der Waals surface area contributed by atoms with Gasteiger partial charge in [-0.25, -0.2) is 4.39 Å². The number of carbonyl (C=O) groups excluding carboxylic acids is 2. The van der Waals surface area contributed by atoms with E-state index in [4.69, 9.17) is 4.74 Å². The minimum atomic E-state index is -0.298. The van der Waals surface area contributed by atoms with Crippen LogP contribution in [0, 0.1) is 17.7 Å². The second kappa shape index (κ2) is 6.44. The zero-order valence-electron chi connectivity index (χ0n) is 12.3. The topological polar surface area (TPSA) is 58.6 Å². The van der Waals surface area contributed by atoms with Gasteiger partial charge in [0.25, 0.3) is 0 Å². The number of rotatable bonds is 4. The summed E-state index contributed by atoms with van der Waals surface area (Å²) < 4.78 is 18.0. The molecule has 2 aliphatic rings. The largest absolute Gasteiger partial charge is 0.378 e. The number of hydrogen-bond donors (Lipinski definition) is 1. The summed E-state index contributed by atoms with van der Waals surface area (Å²) in [6, 6.07) is 6.00. The molecule has 2 fully saturated rings. The van der Waals surface area contributed by atoms with Crippen LogP contribution in [0.1, 0.15) is 12.0 Å². The van der Waals surface area contributed by atoms with Gasteiger partial charge in [0, 0.05) is 19.6 Å². The van der Waals surface area contributed by atoms with Crippen LogP contribution < -0.4 is 5.32 Å². The first kappa shape index (κ1) is 15.0. The third-order valence-corrected chi connectivity index (χ3v) is 4.15. The third-order valence-electron chi connectivity index (χ3n) is 4.15. The molecule has 1 saturated carbocycles. The second-order valence-corrected chi connectivity index (χ2v) is 5.73. The Bertz CT molecular complexity index is 555. The molecule has 3 rings (SSSR count). The van der Waals surface area contributed by atoms with E-state index in [9.17, 15) is 14.0 Å². The molecular weight excluding hydrogens is 287 g/mol. The number of ether oxygens (including phenoxy) is 1. The van der Waals surface area contributed by atoms with Gasteiger partial charge in [-0.15, -0.1) is 0 Å². The summed E-state index contributed by atoms with van der Waals surface area (Å²) in [5.41, 5.74) is 0.839. The summed E-state index contributed by atoms with van der Waals surface area (Å²) in [7, 11) is 0. The highest BCUT2D eigenvalue weighted by molar-refractivity contribution is 5.92. The molecule has 1 N–H and O–H groups in total. The van der Waals surface area contributed by atoms with Crippen LogP contribution >= 0.6 is 0 Å². The number of hydrogen-bond acceptors (Lipinski definition) is 3. The molecule has 1 heterocycles. The highest BCUT2D eigenvalue weighted by Gasteiger charge is 2.49. The molecule has 2 amide bonds. The zero-order chi connectivity index (χ0) is 15.5. The molecule has 0 radical (unpaired) electrons. The standard InChI is InChI=1S/C16H19FN2O3/c17-12-3-1-11(2-4-12)10-18-15(20)13-9-14(13)16(21)19-5-7-22-8-6-19/h1-4,13-14H,5-10H2,(H,18,20). The highest BCUT2D eigenvalue weighted by Crippen LogP contribution is 2.40. The van der Waals surface area contributed by atoms with Gasteiger partial charge in [0.15, 0.2) is 0 Å². The van der Waals surface area contributed by atoms with Crippen LogP contribution in [0.5, 0.6) is 0 Å². The molecule has 1 aromatic rings. The minimum Gasteiger partial charge on any atom is -0.378 e. The van der Waals surface area contributed by atoms with Crippen molar-refractivity contribution in [1.82, 2.24) is 10.2 Å². The van der Waals surface area contributed by atoms with Crippen LogP contribution in [0.25, 0.3) is 0 Å². The molecule has 2 atom stereocenters. The van der Waals surface area contributed by atoms with E-state index in [-0.39, 0.29) is 29.5 Å². The molecule has 6 heteroatoms. The van der Waals surface area contributed by atoms with E-state index in [2.05, 4.69) is 5.32 Å². The Balaban J connectivity index is 1.46. The highest BCUT2D eigenvalue weighted by atomic mass is 19.1. The molecule has 0 aromatic heterocycles. The van der Waals surface area contributed by atoms with E-state index in [1.165, 1.54) is 12.1 Å². The molecule has 118 valence electrons. The molecule has 22 heavy (non-hydrogen) atoms. The van der Waals surface area contributed by atoms with E-state index in [1.807, 2.05) is 0 Å². The number of morpholine rings is 1. The maximum absolute atomic E-state index is 12.8. The van der Waals surface area contributed by atoms with Crippen molar-refractivity contribution in [2.75, 3.05) is 26.3 Å². The molecule has 2 unspecified atom stereocenters. The van der Waals surface area contributed by atoms with Gasteiger partial charge in [-0.2, -0.15) is 0 Å². The SMILES string of the molecule is O=C(NCc1ccc(F)cc1)C1CC1C(=O)N1CCOCC1. The van der Waals surface area contributed by atoms with Gasteiger partial charge in [0.2, 0.25) is 11.8 Å². The number of halogens is 1. The van der Waals surface area contributed by atoms with Gasteiger partial charge in [-0.3, -0.25) is 9.59 Å². The number of amides is 2. The number of nitrogens with one attached hydrogen (secondary N) is 1. The Morgan fingerprint density at radius 2 is 1.86 bits per heavy atom. The predicted octanol–water partition coefficient (Wildman–Crippen LogP) is 0.937. The maximum Gasteiger partial charge on any atom is 0.226 e. The Labute approximate surface area is 128 Å². The van der Waals surface area contributed by atoms with Crippen molar-refractivity contribution in [3.05, 3.63) is 35.6 Å². The van der Waals surface area contributed by atoms with Crippen LogP contribution in [-0.4, -0.2) is 43.0 Å². The minimum absolute atomic E-state index is 0.0604. The third kappa shape index (κ3) is 3.44. The first-order chi connectivity index (χ1) is 10.6. The fourth-order valence-electron chi connectivity index (χ4n) is 2.70. The molecule has 5 nitrogen and oxygen atoms in total. The molecule has 0 bridgehead atoms. The molecule has 1 aromatic carbocycles. The van der Waals surface area contributed by atoms with Crippen LogP contribution in [0.2, 0.25) is 0 Å². The lowest BCUT2D eigenvalue weighted by Gasteiger charge is -2.27. The summed E-state index contributed by atoms with van der Waals surface area (Å²) in [6.45, 7) is 2.71. The first-order valence-corrected chi connectivity index (χ1v) is 7.54. The van der Waals surface area contributed by atoms with Crippen LogP contribution in [0.15, 0.2) is 24.3 Å². The van der Waals surface area contributed by atoms with Crippen molar-refractivity contribution < 1.29 is 18.7 Å². The van der Waals surface area contributed by atoms with E-state index >= 15 is 0 Å². The molecule has 1 aliphatic carbocycles. The smallest absolute Gasteiger partial charge is 0.226 e. The molecule has 0 spiro atoms. The van der Waals surface area contributed by atoms with E-state index < -0.39 is 0 Å². The van der Waals surface area contributed by atoms with Crippen molar-refractivity contribution in [2.24, 2.45) is 11.8 Å². The predicted molar refractivity (Wildman–Crippen MR) is 77.2 cm³/mol. The van der Waals surface area contributed by atoms with Crippen molar-refractivity contribution in [1.29, 1.82) is 0 Å². The molecular formula is C16H19FN2O3. The van der Waals surface area contributed by atoms with Crippen molar-refractivity contribution in [3.63, 3.8) is 0 Å². The number of carbonyl (C=O) groups is 2. The number of nitrogens with zero attached hydrogens (tertiary/aromatic N) is 1. The van der Waals surface area contributed by atoms with Crippen LogP contribution in [-0.2, 0) is 20.9 Å².